The molecule has 6 heteroatoms. The van der Waals surface area contributed by atoms with Gasteiger partial charge in [0, 0.05) is 74.6 Å². The van der Waals surface area contributed by atoms with E-state index in [9.17, 15) is 0 Å². The Hall–Kier alpha value is 2.44. The van der Waals surface area contributed by atoms with Crippen LogP contribution in [0.2, 0.25) is 0 Å². The molecule has 0 aromatic rings. The van der Waals surface area contributed by atoms with Crippen molar-refractivity contribution in [3.8, 4) is 0 Å². The molecule has 0 fully saturated rings. The van der Waals surface area contributed by atoms with Gasteiger partial charge in [0.1, 0.15) is 0 Å². The van der Waals surface area contributed by atoms with Crippen molar-refractivity contribution in [3.63, 3.8) is 0 Å². The molecule has 3 N–H and O–H groups in total. The third-order valence-electron chi connectivity index (χ3n) is 0. The Bertz CT molecular complexity index is 15.5. The van der Waals surface area contributed by atoms with E-state index in [1.54, 1.807) is 0 Å². The van der Waals surface area contributed by atoms with Crippen LogP contribution >= 0.6 is 0 Å². The van der Waals surface area contributed by atoms with E-state index in [2.05, 4.69) is 0 Å². The van der Waals surface area contributed by atoms with Crippen LogP contribution in [0.1, 0.15) is 0 Å². The van der Waals surface area contributed by atoms with E-state index in [-0.39, 0.29) is 74.6 Å². The molecule has 0 atom stereocenters. The van der Waals surface area contributed by atoms with Gasteiger partial charge in [0.2, 0.25) is 0 Å². The molecule has 0 amide bonds. The summed E-state index contributed by atoms with van der Waals surface area (Å²) in [4.78, 5) is 0. The topological polar surface area (TPSA) is 60.7 Å². The van der Waals surface area contributed by atoms with Gasteiger partial charge < -0.3 is 15.1 Å². The molecule has 0 bridgehead atoms. The summed E-state index contributed by atoms with van der Waals surface area (Å²) in [6.07, 6.45) is 0. The van der Waals surface area contributed by atoms with Gasteiger partial charge in [-0.1, -0.05) is 0 Å². The molecule has 0 spiro atoms. The smallest absolute Gasteiger partial charge is 0.402 e. The second-order valence-electron chi connectivity index (χ2n) is 0.346. The fraction of sp³-hybridized carbons (Fsp3) is 0. The van der Waals surface area contributed by atoms with Crippen LogP contribution in [0.25, 0.3) is 0 Å². The van der Waals surface area contributed by atoms with Crippen LogP contribution < -0.4 is 0 Å². The van der Waals surface area contributed by atoms with Gasteiger partial charge in [-0.25, -0.2) is 0 Å². The van der Waals surface area contributed by atoms with Gasteiger partial charge in [0.25, 0.3) is 0 Å². The predicted molar refractivity (Wildman–Crippen MR) is 18.2 cm³/mol. The van der Waals surface area contributed by atoms with Crippen molar-refractivity contribution < 1.29 is 51.9 Å². The molecule has 0 aliphatic rings. The van der Waals surface area contributed by atoms with Crippen molar-refractivity contribution in [3.05, 3.63) is 0 Å². The Morgan fingerprint density at radius 1 is 1.00 bits per heavy atom. The average Bonchev–Trinajstić information content (AvgIpc) is 0.811. The molecule has 41 valence electrons. The zero-order valence-corrected chi connectivity index (χ0v) is 6.75. The van der Waals surface area contributed by atoms with E-state index < -0.39 is 7.32 Å². The van der Waals surface area contributed by atoms with E-state index in [1.165, 1.54) is 0 Å². The van der Waals surface area contributed by atoms with Gasteiger partial charge in [0.15, 0.2) is 0 Å². The maximum atomic E-state index is 7.17. The molecule has 6 heavy (non-hydrogen) atoms. The molecule has 0 saturated carbocycles. The van der Waals surface area contributed by atoms with Crippen LogP contribution in [0.3, 0.4) is 0 Å². The first-order chi connectivity index (χ1) is 1.73. The average molecular weight is 277 g/mol. The summed E-state index contributed by atoms with van der Waals surface area (Å²) < 4.78 is 0. The Kier molecular flexibility index (Phi) is 27.4. The number of hydrogen-bond acceptors (Lipinski definition) is 3. The standard InChI is InChI=1S/BH3O3.Ca.Lu/c2-1(3)4;;/h2-4H;;. The molecule has 0 unspecified atom stereocenters. The van der Waals surface area contributed by atoms with E-state index in [4.69, 9.17) is 15.1 Å². The van der Waals surface area contributed by atoms with E-state index in [0.29, 0.717) is 0 Å². The summed E-state index contributed by atoms with van der Waals surface area (Å²) in [6.45, 7) is 0. The predicted octanol–water partition coefficient (Wildman–Crippen LogP) is -2.43. The summed E-state index contributed by atoms with van der Waals surface area (Å²) in [5.74, 6) is 0. The van der Waals surface area contributed by atoms with Crippen molar-refractivity contribution in [2.75, 3.05) is 0 Å². The van der Waals surface area contributed by atoms with Crippen molar-refractivity contribution in [2.45, 2.75) is 0 Å². The van der Waals surface area contributed by atoms with Gasteiger partial charge in [0.05, 0.1) is 0 Å². The second kappa shape index (κ2) is 10.4. The second-order valence-corrected chi connectivity index (χ2v) is 0.346. The SMILES string of the molecule is OB(O)O.[Ca].[Lu]. The molecule has 0 aliphatic carbocycles. The Morgan fingerprint density at radius 3 is 1.00 bits per heavy atom. The minimum atomic E-state index is -2.17. The van der Waals surface area contributed by atoms with Crippen LogP contribution in [0, 0.1) is 36.9 Å². The quantitative estimate of drug-likeness (QED) is 0.431. The van der Waals surface area contributed by atoms with Gasteiger partial charge in [-0.15, -0.1) is 0 Å². The van der Waals surface area contributed by atoms with Crippen LogP contribution in [0.5, 0.6) is 0 Å². The normalized spacial score (nSPS) is 4.50. The zero-order valence-electron chi connectivity index (χ0n) is 2.88. The Balaban J connectivity index is -0.0000000450. The molecule has 0 rings (SSSR count). The van der Waals surface area contributed by atoms with Crippen molar-refractivity contribution >= 4 is 45.1 Å². The zero-order chi connectivity index (χ0) is 3.58. The minimum absolute atomic E-state index is 0. The first-order valence-electron chi connectivity index (χ1n) is 0.775. The molecule has 0 aromatic heterocycles. The summed E-state index contributed by atoms with van der Waals surface area (Å²) in [7, 11) is -2.17. The van der Waals surface area contributed by atoms with Crippen molar-refractivity contribution in [1.29, 1.82) is 0 Å². The Labute approximate surface area is 95.1 Å². The van der Waals surface area contributed by atoms with Gasteiger partial charge in [-0.3, -0.25) is 0 Å². The molecular formula is H3BCaLuO3. The van der Waals surface area contributed by atoms with Crippen molar-refractivity contribution in [2.24, 2.45) is 0 Å². The van der Waals surface area contributed by atoms with Crippen molar-refractivity contribution in [1.82, 2.24) is 0 Å². The van der Waals surface area contributed by atoms with E-state index in [0.717, 1.165) is 0 Å². The molecule has 0 aliphatic heterocycles. The molecule has 0 saturated heterocycles. The molecule has 0 aromatic carbocycles. The molecule has 3 nitrogen and oxygen atoms in total. The monoisotopic (exact) mass is 277 g/mol. The summed E-state index contributed by atoms with van der Waals surface area (Å²) in [5.41, 5.74) is 0. The largest absolute Gasteiger partial charge is 0.631 e. The van der Waals surface area contributed by atoms with Crippen LogP contribution in [-0.4, -0.2) is 60.1 Å². The third-order valence-corrected chi connectivity index (χ3v) is 0. The minimum Gasteiger partial charge on any atom is -0.402 e. The molecule has 3 radical (unpaired) electrons. The first-order valence-corrected chi connectivity index (χ1v) is 0.775. The van der Waals surface area contributed by atoms with Gasteiger partial charge in [-0.2, -0.15) is 0 Å². The van der Waals surface area contributed by atoms with Crippen LogP contribution in [0.4, 0.5) is 0 Å². The number of rotatable bonds is 0. The van der Waals surface area contributed by atoms with Gasteiger partial charge in [-0.05, 0) is 0 Å². The van der Waals surface area contributed by atoms with Crippen LogP contribution in [-0.2, 0) is 0 Å². The number of hydrogen-bond donors (Lipinski definition) is 3. The molecule has 0 heterocycles. The fourth-order valence-corrected chi connectivity index (χ4v) is 0. The van der Waals surface area contributed by atoms with E-state index in [1.807, 2.05) is 0 Å². The maximum Gasteiger partial charge on any atom is 0.631 e. The summed E-state index contributed by atoms with van der Waals surface area (Å²) in [5, 5.41) is 21.5. The molecular weight excluding hydrogens is 274 g/mol. The fourth-order valence-electron chi connectivity index (χ4n) is 0. The van der Waals surface area contributed by atoms with Crippen LogP contribution in [0.15, 0.2) is 0 Å². The van der Waals surface area contributed by atoms with E-state index >= 15 is 0 Å². The third kappa shape index (κ3) is 32.0. The maximum absolute atomic E-state index is 7.17. The first kappa shape index (κ1) is 15.8. The Morgan fingerprint density at radius 2 is 1.00 bits per heavy atom. The van der Waals surface area contributed by atoms with Gasteiger partial charge >= 0.3 is 7.32 Å². The summed E-state index contributed by atoms with van der Waals surface area (Å²) >= 11 is 0. The summed E-state index contributed by atoms with van der Waals surface area (Å²) in [6, 6.07) is 0.